The van der Waals surface area contributed by atoms with E-state index >= 15 is 0 Å². The Hall–Kier alpha value is -0.810. The van der Waals surface area contributed by atoms with Crippen LogP contribution >= 0.6 is 0 Å². The molecular formula is C11H24N4O. The highest BCUT2D eigenvalue weighted by atomic mass is 16.4. The van der Waals surface area contributed by atoms with Gasteiger partial charge < -0.3 is 20.7 Å². The lowest BCUT2D eigenvalue weighted by Crippen LogP contribution is -2.46. The van der Waals surface area contributed by atoms with Gasteiger partial charge in [-0.15, -0.1) is 0 Å². The maximum Gasteiger partial charge on any atom is 0.140 e. The van der Waals surface area contributed by atoms with Gasteiger partial charge in [-0.2, -0.15) is 0 Å². The number of rotatable bonds is 4. The van der Waals surface area contributed by atoms with Crippen molar-refractivity contribution in [3.05, 3.63) is 0 Å². The van der Waals surface area contributed by atoms with E-state index < -0.39 is 0 Å². The molecule has 0 saturated carbocycles. The Morgan fingerprint density at radius 2 is 2.12 bits per heavy atom. The van der Waals surface area contributed by atoms with Crippen LogP contribution in [0.1, 0.15) is 26.2 Å². The van der Waals surface area contributed by atoms with Crippen molar-refractivity contribution in [2.45, 2.75) is 38.3 Å². The molecule has 94 valence electrons. The van der Waals surface area contributed by atoms with E-state index in [0.29, 0.717) is 24.3 Å². The summed E-state index contributed by atoms with van der Waals surface area (Å²) in [6.45, 7) is 4.44. The molecule has 1 unspecified atom stereocenters. The third-order valence-corrected chi connectivity index (χ3v) is 3.59. The molecule has 0 aliphatic carbocycles. The summed E-state index contributed by atoms with van der Waals surface area (Å²) in [5, 5.41) is 11.6. The third-order valence-electron chi connectivity index (χ3n) is 3.59. The van der Waals surface area contributed by atoms with Crippen LogP contribution in [0.2, 0.25) is 0 Å². The zero-order valence-corrected chi connectivity index (χ0v) is 10.6. The van der Waals surface area contributed by atoms with Crippen LogP contribution in [0.3, 0.4) is 0 Å². The monoisotopic (exact) mass is 228 g/mol. The summed E-state index contributed by atoms with van der Waals surface area (Å²) in [7, 11) is 4.29. The molecule has 0 radical (unpaired) electrons. The van der Waals surface area contributed by atoms with E-state index in [0.717, 1.165) is 13.1 Å². The molecule has 1 aliphatic heterocycles. The van der Waals surface area contributed by atoms with E-state index in [1.165, 1.54) is 12.8 Å². The fourth-order valence-corrected chi connectivity index (χ4v) is 2.25. The average Bonchev–Trinajstić information content (AvgIpc) is 2.28. The summed E-state index contributed by atoms with van der Waals surface area (Å²) < 4.78 is 0. The smallest absolute Gasteiger partial charge is 0.140 e. The second kappa shape index (κ2) is 6.06. The molecule has 1 rings (SSSR count). The van der Waals surface area contributed by atoms with E-state index in [1.807, 2.05) is 0 Å². The molecule has 1 aliphatic rings. The van der Waals surface area contributed by atoms with Gasteiger partial charge >= 0.3 is 0 Å². The Morgan fingerprint density at radius 1 is 1.56 bits per heavy atom. The lowest BCUT2D eigenvalue weighted by Gasteiger charge is -2.38. The van der Waals surface area contributed by atoms with Crippen LogP contribution in [0.5, 0.6) is 0 Å². The first-order chi connectivity index (χ1) is 7.54. The van der Waals surface area contributed by atoms with Gasteiger partial charge in [-0.3, -0.25) is 0 Å². The number of piperidine rings is 1. The van der Waals surface area contributed by atoms with Gasteiger partial charge in [-0.1, -0.05) is 5.16 Å². The Kier molecular flexibility index (Phi) is 5.02. The van der Waals surface area contributed by atoms with Crippen molar-refractivity contribution in [2.24, 2.45) is 10.9 Å². The molecule has 1 saturated heterocycles. The summed E-state index contributed by atoms with van der Waals surface area (Å²) in [5.41, 5.74) is 5.53. The lowest BCUT2D eigenvalue weighted by atomic mass is 10.0. The highest BCUT2D eigenvalue weighted by molar-refractivity contribution is 5.80. The normalized spacial score (nSPS) is 22.6. The van der Waals surface area contributed by atoms with Crippen LogP contribution in [-0.4, -0.2) is 60.1 Å². The first kappa shape index (κ1) is 13.3. The van der Waals surface area contributed by atoms with Crippen LogP contribution in [0.15, 0.2) is 5.16 Å². The van der Waals surface area contributed by atoms with Gasteiger partial charge in [0.1, 0.15) is 5.84 Å². The molecule has 1 heterocycles. The van der Waals surface area contributed by atoms with Gasteiger partial charge in [0.05, 0.1) is 0 Å². The predicted octanol–water partition coefficient (Wildman–Crippen LogP) is 0.537. The minimum atomic E-state index is 0.312. The van der Waals surface area contributed by atoms with Crippen LogP contribution in [0.25, 0.3) is 0 Å². The number of hydrogen-bond donors (Lipinski definition) is 2. The molecule has 0 aromatic carbocycles. The highest BCUT2D eigenvalue weighted by Crippen LogP contribution is 2.17. The topological polar surface area (TPSA) is 65.1 Å². The van der Waals surface area contributed by atoms with Gasteiger partial charge in [-0.25, -0.2) is 0 Å². The van der Waals surface area contributed by atoms with E-state index in [1.54, 1.807) is 0 Å². The van der Waals surface area contributed by atoms with Crippen LogP contribution in [0.4, 0.5) is 0 Å². The largest absolute Gasteiger partial charge is 0.409 e. The van der Waals surface area contributed by atoms with E-state index in [9.17, 15) is 0 Å². The second-order valence-electron chi connectivity index (χ2n) is 4.84. The number of likely N-dealkylation sites (tertiary alicyclic amines) is 1. The number of oxime groups is 1. The molecule has 5 nitrogen and oxygen atoms in total. The number of nitrogens with zero attached hydrogens (tertiary/aromatic N) is 3. The Balaban J connectivity index is 2.41. The van der Waals surface area contributed by atoms with Crippen molar-refractivity contribution in [3.8, 4) is 0 Å². The molecule has 3 N–H and O–H groups in total. The van der Waals surface area contributed by atoms with E-state index in [2.05, 4.69) is 36.0 Å². The van der Waals surface area contributed by atoms with Crippen molar-refractivity contribution >= 4 is 5.84 Å². The molecule has 16 heavy (non-hydrogen) atoms. The van der Waals surface area contributed by atoms with Gasteiger partial charge in [0.25, 0.3) is 0 Å². The molecular weight excluding hydrogens is 204 g/mol. The predicted molar refractivity (Wildman–Crippen MR) is 65.8 cm³/mol. The molecule has 0 spiro atoms. The number of hydrogen-bond acceptors (Lipinski definition) is 4. The highest BCUT2D eigenvalue weighted by Gasteiger charge is 2.24. The number of amidine groups is 1. The minimum Gasteiger partial charge on any atom is -0.409 e. The Bertz CT molecular complexity index is 236. The molecule has 0 amide bonds. The first-order valence-electron chi connectivity index (χ1n) is 5.91. The van der Waals surface area contributed by atoms with Crippen LogP contribution < -0.4 is 5.73 Å². The van der Waals surface area contributed by atoms with Crippen LogP contribution in [-0.2, 0) is 0 Å². The van der Waals surface area contributed by atoms with Crippen molar-refractivity contribution in [1.82, 2.24) is 9.80 Å². The second-order valence-corrected chi connectivity index (χ2v) is 4.84. The minimum absolute atomic E-state index is 0.312. The standard InChI is InChI=1S/C11H24N4O/c1-9(8-11(12)13-16)15(3)10-4-6-14(2)7-5-10/h9-10,16H,4-8H2,1-3H3,(H2,12,13). The summed E-state index contributed by atoms with van der Waals surface area (Å²) in [4.78, 5) is 4.71. The van der Waals surface area contributed by atoms with Crippen molar-refractivity contribution in [1.29, 1.82) is 0 Å². The number of nitrogens with two attached hydrogens (primary N) is 1. The molecule has 0 bridgehead atoms. The Labute approximate surface area is 97.9 Å². The third kappa shape index (κ3) is 3.64. The maximum absolute atomic E-state index is 8.55. The lowest BCUT2D eigenvalue weighted by molar-refractivity contribution is 0.115. The fraction of sp³-hybridized carbons (Fsp3) is 0.909. The zero-order valence-electron chi connectivity index (χ0n) is 10.6. The van der Waals surface area contributed by atoms with Gasteiger partial charge in [0.15, 0.2) is 0 Å². The van der Waals surface area contributed by atoms with Gasteiger partial charge in [0.2, 0.25) is 0 Å². The first-order valence-corrected chi connectivity index (χ1v) is 5.91. The van der Waals surface area contributed by atoms with Crippen molar-refractivity contribution < 1.29 is 5.21 Å². The van der Waals surface area contributed by atoms with Crippen molar-refractivity contribution in [2.75, 3.05) is 27.2 Å². The zero-order chi connectivity index (χ0) is 12.1. The van der Waals surface area contributed by atoms with Gasteiger partial charge in [0, 0.05) is 18.5 Å². The van der Waals surface area contributed by atoms with Crippen LogP contribution in [0, 0.1) is 0 Å². The molecule has 1 fully saturated rings. The fourth-order valence-electron chi connectivity index (χ4n) is 2.25. The Morgan fingerprint density at radius 3 is 2.62 bits per heavy atom. The summed E-state index contributed by atoms with van der Waals surface area (Å²) >= 11 is 0. The van der Waals surface area contributed by atoms with Crippen molar-refractivity contribution in [3.63, 3.8) is 0 Å². The summed E-state index contributed by atoms with van der Waals surface area (Å²) in [6.07, 6.45) is 3.03. The summed E-state index contributed by atoms with van der Waals surface area (Å²) in [5.74, 6) is 0.312. The quantitative estimate of drug-likeness (QED) is 0.319. The average molecular weight is 228 g/mol. The molecule has 0 aromatic rings. The van der Waals surface area contributed by atoms with E-state index in [-0.39, 0.29) is 0 Å². The SMILES string of the molecule is CC(CC(N)=NO)N(C)C1CCN(C)CC1. The molecule has 0 aromatic heterocycles. The van der Waals surface area contributed by atoms with Gasteiger partial charge in [-0.05, 0) is 47.0 Å². The summed E-state index contributed by atoms with van der Waals surface area (Å²) in [6, 6.07) is 0.946. The molecule has 1 atom stereocenters. The molecule has 5 heteroatoms. The van der Waals surface area contributed by atoms with E-state index in [4.69, 9.17) is 10.9 Å². The maximum atomic E-state index is 8.55.